The Kier molecular flexibility index (Phi) is 5.01. The number of aromatic nitrogens is 2. The number of alkyl halides is 1. The Hall–Kier alpha value is -0.610. The van der Waals surface area contributed by atoms with Crippen LogP contribution in [-0.2, 0) is 13.5 Å². The van der Waals surface area contributed by atoms with E-state index in [1.807, 2.05) is 19.4 Å². The average Bonchev–Trinajstić information content (AvgIpc) is 2.76. The summed E-state index contributed by atoms with van der Waals surface area (Å²) in [6, 6.07) is 8.54. The van der Waals surface area contributed by atoms with E-state index in [0.717, 1.165) is 28.5 Å². The average molecular weight is 372 g/mol. The van der Waals surface area contributed by atoms with Gasteiger partial charge in [0.2, 0.25) is 0 Å². The van der Waals surface area contributed by atoms with Crippen molar-refractivity contribution >= 4 is 31.9 Å². The van der Waals surface area contributed by atoms with Crippen LogP contribution in [0.4, 0.5) is 0 Å². The first-order valence-corrected chi connectivity index (χ1v) is 7.89. The number of imidazole rings is 1. The fourth-order valence-corrected chi connectivity index (χ4v) is 3.15. The van der Waals surface area contributed by atoms with Crippen LogP contribution >= 0.6 is 31.9 Å². The summed E-state index contributed by atoms with van der Waals surface area (Å²) in [5, 5.41) is 0.980. The molecule has 0 fully saturated rings. The Labute approximate surface area is 125 Å². The standard InChI is InChI=1S/C14H16Br2N2/c1-18-8-7-17-14(18)6-5-12(10-15)11-3-2-4-13(16)9-11/h2-4,7-9,12H,5-6,10H2,1H3. The molecule has 0 spiro atoms. The van der Waals surface area contributed by atoms with Gasteiger partial charge >= 0.3 is 0 Å². The van der Waals surface area contributed by atoms with Gasteiger partial charge in [0.15, 0.2) is 0 Å². The minimum absolute atomic E-state index is 0.527. The second kappa shape index (κ2) is 6.53. The van der Waals surface area contributed by atoms with Crippen molar-refractivity contribution in [3.63, 3.8) is 0 Å². The fraction of sp³-hybridized carbons (Fsp3) is 0.357. The van der Waals surface area contributed by atoms with Gasteiger partial charge in [0.1, 0.15) is 5.82 Å². The summed E-state index contributed by atoms with van der Waals surface area (Å²) in [6.07, 6.45) is 5.97. The molecule has 0 aliphatic carbocycles. The van der Waals surface area contributed by atoms with E-state index < -0.39 is 0 Å². The summed E-state index contributed by atoms with van der Waals surface area (Å²) in [5.74, 6) is 1.68. The molecule has 1 atom stereocenters. The molecule has 1 aromatic heterocycles. The van der Waals surface area contributed by atoms with Gasteiger partial charge in [-0.05, 0) is 30.0 Å². The van der Waals surface area contributed by atoms with Gasteiger partial charge < -0.3 is 4.57 Å². The second-order valence-electron chi connectivity index (χ2n) is 4.40. The van der Waals surface area contributed by atoms with E-state index in [9.17, 15) is 0 Å². The van der Waals surface area contributed by atoms with Gasteiger partial charge in [0, 0.05) is 35.7 Å². The molecule has 2 aromatic rings. The summed E-state index contributed by atoms with van der Waals surface area (Å²) >= 11 is 7.15. The molecular weight excluding hydrogens is 356 g/mol. The van der Waals surface area contributed by atoms with E-state index in [4.69, 9.17) is 0 Å². The molecule has 0 aliphatic rings. The lowest BCUT2D eigenvalue weighted by molar-refractivity contribution is 0.650. The lowest BCUT2D eigenvalue weighted by Crippen LogP contribution is -2.05. The van der Waals surface area contributed by atoms with Crippen LogP contribution in [0.5, 0.6) is 0 Å². The van der Waals surface area contributed by atoms with Crippen LogP contribution in [0, 0.1) is 0 Å². The van der Waals surface area contributed by atoms with Crippen molar-refractivity contribution in [3.8, 4) is 0 Å². The molecule has 2 nitrogen and oxygen atoms in total. The van der Waals surface area contributed by atoms with Crippen LogP contribution in [0.25, 0.3) is 0 Å². The highest BCUT2D eigenvalue weighted by atomic mass is 79.9. The second-order valence-corrected chi connectivity index (χ2v) is 5.96. The predicted octanol–water partition coefficient (Wildman–Crippen LogP) is 4.29. The molecule has 0 amide bonds. The highest BCUT2D eigenvalue weighted by Gasteiger charge is 2.12. The molecule has 0 saturated carbocycles. The van der Waals surface area contributed by atoms with Crippen molar-refractivity contribution in [2.45, 2.75) is 18.8 Å². The zero-order chi connectivity index (χ0) is 13.0. The molecule has 18 heavy (non-hydrogen) atoms. The molecule has 0 bridgehead atoms. The normalized spacial score (nSPS) is 12.6. The van der Waals surface area contributed by atoms with Gasteiger partial charge in [-0.3, -0.25) is 0 Å². The molecule has 0 saturated heterocycles. The molecule has 4 heteroatoms. The van der Waals surface area contributed by atoms with Crippen molar-refractivity contribution in [2.75, 3.05) is 5.33 Å². The predicted molar refractivity (Wildman–Crippen MR) is 82.2 cm³/mol. The Morgan fingerprint density at radius 1 is 1.39 bits per heavy atom. The monoisotopic (exact) mass is 370 g/mol. The summed E-state index contributed by atoms with van der Waals surface area (Å²) < 4.78 is 3.23. The zero-order valence-electron chi connectivity index (χ0n) is 10.3. The van der Waals surface area contributed by atoms with E-state index in [0.29, 0.717) is 5.92 Å². The van der Waals surface area contributed by atoms with Crippen molar-refractivity contribution in [1.29, 1.82) is 0 Å². The highest BCUT2D eigenvalue weighted by molar-refractivity contribution is 9.10. The Bertz CT molecular complexity index is 508. The maximum absolute atomic E-state index is 4.37. The highest BCUT2D eigenvalue weighted by Crippen LogP contribution is 2.25. The van der Waals surface area contributed by atoms with E-state index in [2.05, 4.69) is 65.7 Å². The van der Waals surface area contributed by atoms with E-state index >= 15 is 0 Å². The molecule has 1 unspecified atom stereocenters. The van der Waals surface area contributed by atoms with Crippen LogP contribution in [0.15, 0.2) is 41.1 Å². The van der Waals surface area contributed by atoms with E-state index in [-0.39, 0.29) is 0 Å². The Morgan fingerprint density at radius 2 is 2.22 bits per heavy atom. The summed E-state index contributed by atoms with van der Waals surface area (Å²) in [6.45, 7) is 0. The number of aryl methyl sites for hydroxylation is 2. The molecule has 1 heterocycles. The topological polar surface area (TPSA) is 17.8 Å². The van der Waals surface area contributed by atoms with Gasteiger partial charge in [0.25, 0.3) is 0 Å². The molecule has 1 aromatic carbocycles. The first kappa shape index (κ1) is 13.8. The molecule has 2 rings (SSSR count). The lowest BCUT2D eigenvalue weighted by atomic mass is 9.96. The van der Waals surface area contributed by atoms with E-state index in [1.54, 1.807) is 0 Å². The molecule has 96 valence electrons. The van der Waals surface area contributed by atoms with E-state index in [1.165, 1.54) is 5.56 Å². The van der Waals surface area contributed by atoms with Crippen molar-refractivity contribution in [3.05, 3.63) is 52.5 Å². The van der Waals surface area contributed by atoms with Crippen molar-refractivity contribution in [1.82, 2.24) is 9.55 Å². The van der Waals surface area contributed by atoms with Crippen LogP contribution in [0.2, 0.25) is 0 Å². The third-order valence-corrected chi connectivity index (χ3v) is 4.42. The number of benzene rings is 1. The third-order valence-electron chi connectivity index (χ3n) is 3.14. The largest absolute Gasteiger partial charge is 0.338 e. The first-order chi connectivity index (χ1) is 8.70. The molecule has 0 radical (unpaired) electrons. The molecule has 0 N–H and O–H groups in total. The zero-order valence-corrected chi connectivity index (χ0v) is 13.5. The van der Waals surface area contributed by atoms with Crippen molar-refractivity contribution < 1.29 is 0 Å². The fourth-order valence-electron chi connectivity index (χ4n) is 2.03. The van der Waals surface area contributed by atoms with Gasteiger partial charge in [-0.2, -0.15) is 0 Å². The van der Waals surface area contributed by atoms with Gasteiger partial charge in [-0.15, -0.1) is 0 Å². The minimum atomic E-state index is 0.527. The van der Waals surface area contributed by atoms with Crippen LogP contribution in [0.3, 0.4) is 0 Å². The van der Waals surface area contributed by atoms with Crippen LogP contribution < -0.4 is 0 Å². The molecular formula is C14H16Br2N2. The lowest BCUT2D eigenvalue weighted by Gasteiger charge is -2.14. The SMILES string of the molecule is Cn1ccnc1CCC(CBr)c1cccc(Br)c1. The summed E-state index contributed by atoms with van der Waals surface area (Å²) in [5.41, 5.74) is 1.37. The quantitative estimate of drug-likeness (QED) is 0.716. The maximum Gasteiger partial charge on any atom is 0.108 e. The van der Waals surface area contributed by atoms with Crippen LogP contribution in [-0.4, -0.2) is 14.9 Å². The van der Waals surface area contributed by atoms with Gasteiger partial charge in [-0.25, -0.2) is 4.98 Å². The van der Waals surface area contributed by atoms with Gasteiger partial charge in [0.05, 0.1) is 0 Å². The number of halogens is 2. The summed E-state index contributed by atoms with van der Waals surface area (Å²) in [4.78, 5) is 4.37. The number of nitrogens with zero attached hydrogens (tertiary/aromatic N) is 2. The number of rotatable bonds is 5. The van der Waals surface area contributed by atoms with Gasteiger partial charge in [-0.1, -0.05) is 44.0 Å². The Morgan fingerprint density at radius 3 is 2.83 bits per heavy atom. The van der Waals surface area contributed by atoms with Crippen molar-refractivity contribution in [2.24, 2.45) is 7.05 Å². The molecule has 0 aliphatic heterocycles. The smallest absolute Gasteiger partial charge is 0.108 e. The minimum Gasteiger partial charge on any atom is -0.338 e. The third kappa shape index (κ3) is 3.45. The summed E-state index contributed by atoms with van der Waals surface area (Å²) in [7, 11) is 2.05. The first-order valence-electron chi connectivity index (χ1n) is 5.98. The number of hydrogen-bond acceptors (Lipinski definition) is 1. The van der Waals surface area contributed by atoms with Crippen LogP contribution in [0.1, 0.15) is 23.7 Å². The number of hydrogen-bond donors (Lipinski definition) is 0. The Balaban J connectivity index is 2.04. The maximum atomic E-state index is 4.37.